The number of benzene rings is 1. The normalized spacial score (nSPS) is 30.8. The summed E-state index contributed by atoms with van der Waals surface area (Å²) >= 11 is 0. The first-order valence-electron chi connectivity index (χ1n) is 7.45. The molecule has 5 atom stereocenters. The van der Waals surface area contributed by atoms with Gasteiger partial charge in [0.25, 0.3) is 0 Å². The summed E-state index contributed by atoms with van der Waals surface area (Å²) in [5, 5.41) is 48.3. The van der Waals surface area contributed by atoms with Gasteiger partial charge in [-0.1, -0.05) is 20.8 Å². The lowest BCUT2D eigenvalue weighted by atomic mass is 9.86. The molecule has 1 aliphatic heterocycles. The van der Waals surface area contributed by atoms with Gasteiger partial charge in [-0.15, -0.1) is 0 Å². The fourth-order valence-electron chi connectivity index (χ4n) is 2.47. The Kier molecular flexibility index (Phi) is 5.05. The Labute approximate surface area is 138 Å². The van der Waals surface area contributed by atoms with Crippen molar-refractivity contribution in [2.45, 2.75) is 56.9 Å². The molecule has 1 aromatic rings. The molecular formula is C16H22O8. The molecule has 24 heavy (non-hydrogen) atoms. The number of carboxylic acids is 1. The van der Waals surface area contributed by atoms with E-state index in [9.17, 15) is 25.2 Å². The van der Waals surface area contributed by atoms with E-state index in [2.05, 4.69) is 0 Å². The average molecular weight is 342 g/mol. The molecule has 2 rings (SSSR count). The van der Waals surface area contributed by atoms with Gasteiger partial charge in [0.2, 0.25) is 6.29 Å². The molecule has 5 N–H and O–H groups in total. The average Bonchev–Trinajstić information content (AvgIpc) is 2.48. The third-order valence-corrected chi connectivity index (χ3v) is 3.84. The molecule has 0 saturated carbocycles. The Balaban J connectivity index is 2.25. The molecule has 0 aromatic heterocycles. The molecule has 0 radical (unpaired) electrons. The van der Waals surface area contributed by atoms with Gasteiger partial charge in [-0.05, 0) is 23.6 Å². The van der Waals surface area contributed by atoms with E-state index in [1.165, 1.54) is 12.1 Å². The number of hydrogen-bond acceptors (Lipinski definition) is 7. The van der Waals surface area contributed by atoms with E-state index >= 15 is 0 Å². The maximum Gasteiger partial charge on any atom is 0.335 e. The van der Waals surface area contributed by atoms with E-state index in [1.807, 2.05) is 20.8 Å². The summed E-state index contributed by atoms with van der Waals surface area (Å²) in [4.78, 5) is 11.1. The van der Waals surface area contributed by atoms with Crippen LogP contribution in [0.2, 0.25) is 0 Å². The zero-order valence-corrected chi connectivity index (χ0v) is 13.6. The largest absolute Gasteiger partial charge is 0.508 e. The zero-order valence-electron chi connectivity index (χ0n) is 13.6. The lowest BCUT2D eigenvalue weighted by Crippen LogP contribution is -2.61. The first kappa shape index (κ1) is 18.5. The zero-order chi connectivity index (χ0) is 18.2. The molecule has 0 aliphatic carbocycles. The molecule has 1 heterocycles. The van der Waals surface area contributed by atoms with Crippen LogP contribution in [0.4, 0.5) is 0 Å². The molecule has 8 heteroatoms. The number of phenolic OH excluding ortho intramolecular Hbond substituents is 1. The fourth-order valence-corrected chi connectivity index (χ4v) is 2.47. The molecule has 1 fully saturated rings. The summed E-state index contributed by atoms with van der Waals surface area (Å²) in [7, 11) is 0. The highest BCUT2D eigenvalue weighted by Gasteiger charge is 2.48. The minimum Gasteiger partial charge on any atom is -0.508 e. The molecule has 8 nitrogen and oxygen atoms in total. The van der Waals surface area contributed by atoms with E-state index in [0.29, 0.717) is 5.56 Å². The molecule has 0 amide bonds. The lowest BCUT2D eigenvalue weighted by Gasteiger charge is -2.38. The highest BCUT2D eigenvalue weighted by molar-refractivity contribution is 5.73. The minimum absolute atomic E-state index is 0.0684. The SMILES string of the molecule is CC(C)(C)c1cc(O[C@@H]2O[C@H](C(=O)O)[C@@H](O)[C@H](O)[C@H]2O)ccc1O. The van der Waals surface area contributed by atoms with Crippen LogP contribution in [0.5, 0.6) is 11.5 Å². The van der Waals surface area contributed by atoms with Gasteiger partial charge < -0.3 is 35.0 Å². The van der Waals surface area contributed by atoms with E-state index in [1.54, 1.807) is 6.07 Å². The van der Waals surface area contributed by atoms with E-state index in [-0.39, 0.29) is 16.9 Å². The van der Waals surface area contributed by atoms with Crippen molar-refractivity contribution in [3.63, 3.8) is 0 Å². The van der Waals surface area contributed by atoms with Crippen molar-refractivity contribution < 1.29 is 39.8 Å². The number of ether oxygens (including phenoxy) is 2. The smallest absolute Gasteiger partial charge is 0.335 e. The molecule has 134 valence electrons. The van der Waals surface area contributed by atoms with E-state index in [4.69, 9.17) is 14.6 Å². The van der Waals surface area contributed by atoms with Gasteiger partial charge in [0.15, 0.2) is 6.10 Å². The highest BCUT2D eigenvalue weighted by atomic mass is 16.7. The second kappa shape index (κ2) is 6.56. The Bertz CT molecular complexity index is 609. The van der Waals surface area contributed by atoms with Crippen LogP contribution in [-0.4, -0.2) is 62.2 Å². The molecule has 0 unspecified atom stereocenters. The Hall–Kier alpha value is -1.87. The Morgan fingerprint density at radius 2 is 1.75 bits per heavy atom. The van der Waals surface area contributed by atoms with Crippen LogP contribution in [0.15, 0.2) is 18.2 Å². The van der Waals surface area contributed by atoms with Crippen LogP contribution < -0.4 is 4.74 Å². The van der Waals surface area contributed by atoms with Crippen LogP contribution in [-0.2, 0) is 14.9 Å². The second-order valence-corrected chi connectivity index (χ2v) is 6.78. The number of aliphatic carboxylic acids is 1. The van der Waals surface area contributed by atoms with Crippen LogP contribution in [0.1, 0.15) is 26.3 Å². The summed E-state index contributed by atoms with van der Waals surface area (Å²) in [5.41, 5.74) is 0.204. The number of phenols is 1. The summed E-state index contributed by atoms with van der Waals surface area (Å²) in [5.74, 6) is -1.20. The Morgan fingerprint density at radius 3 is 2.29 bits per heavy atom. The number of aliphatic hydroxyl groups excluding tert-OH is 3. The topological polar surface area (TPSA) is 137 Å². The first-order valence-corrected chi connectivity index (χ1v) is 7.45. The monoisotopic (exact) mass is 342 g/mol. The first-order chi connectivity index (χ1) is 11.0. The minimum atomic E-state index is -1.78. The van der Waals surface area contributed by atoms with Crippen LogP contribution in [0, 0.1) is 0 Å². The van der Waals surface area contributed by atoms with Crippen LogP contribution >= 0.6 is 0 Å². The number of aliphatic hydroxyl groups is 3. The van der Waals surface area contributed by atoms with Gasteiger partial charge in [-0.3, -0.25) is 0 Å². The van der Waals surface area contributed by atoms with Gasteiger partial charge in [0.1, 0.15) is 29.8 Å². The van der Waals surface area contributed by atoms with Gasteiger partial charge in [0.05, 0.1) is 0 Å². The van der Waals surface area contributed by atoms with Crippen molar-refractivity contribution >= 4 is 5.97 Å². The standard InChI is InChI=1S/C16H22O8/c1-16(2,3)8-6-7(4-5-9(8)17)23-15-12(20)10(18)11(19)13(24-15)14(21)22/h4-6,10-13,15,17-20H,1-3H3,(H,21,22)/t10-,11-,12+,13-,15+/m0/s1. The summed E-state index contributed by atoms with van der Waals surface area (Å²) in [6, 6.07) is 4.37. The number of carboxylic acid groups (broad SMARTS) is 1. The molecular weight excluding hydrogens is 320 g/mol. The molecule has 1 saturated heterocycles. The molecule has 1 aromatic carbocycles. The summed E-state index contributed by atoms with van der Waals surface area (Å²) < 4.78 is 10.5. The highest BCUT2D eigenvalue weighted by Crippen LogP contribution is 2.34. The number of rotatable bonds is 3. The van der Waals surface area contributed by atoms with Crippen molar-refractivity contribution in [2.24, 2.45) is 0 Å². The van der Waals surface area contributed by atoms with Crippen molar-refractivity contribution in [3.8, 4) is 11.5 Å². The second-order valence-electron chi connectivity index (χ2n) is 6.78. The third kappa shape index (κ3) is 3.62. The maximum atomic E-state index is 11.1. The molecule has 0 spiro atoms. The number of hydrogen-bond donors (Lipinski definition) is 5. The molecule has 1 aliphatic rings. The van der Waals surface area contributed by atoms with Crippen molar-refractivity contribution in [1.29, 1.82) is 0 Å². The fraction of sp³-hybridized carbons (Fsp3) is 0.562. The third-order valence-electron chi connectivity index (χ3n) is 3.84. The number of carbonyl (C=O) groups is 1. The van der Waals surface area contributed by atoms with Gasteiger partial charge in [-0.25, -0.2) is 4.79 Å². The van der Waals surface area contributed by atoms with Crippen LogP contribution in [0.25, 0.3) is 0 Å². The van der Waals surface area contributed by atoms with Crippen molar-refractivity contribution in [2.75, 3.05) is 0 Å². The quantitative estimate of drug-likeness (QED) is 0.516. The van der Waals surface area contributed by atoms with Gasteiger partial charge in [0, 0.05) is 5.56 Å². The maximum absolute atomic E-state index is 11.1. The van der Waals surface area contributed by atoms with Crippen molar-refractivity contribution in [1.82, 2.24) is 0 Å². The van der Waals surface area contributed by atoms with E-state index in [0.717, 1.165) is 0 Å². The predicted octanol–water partition coefficient (Wildman–Crippen LogP) is -0.0393. The number of aromatic hydroxyl groups is 1. The summed E-state index contributed by atoms with van der Waals surface area (Å²) in [6.07, 6.45) is -8.36. The van der Waals surface area contributed by atoms with Gasteiger partial charge >= 0.3 is 5.97 Å². The molecule has 0 bridgehead atoms. The lowest BCUT2D eigenvalue weighted by molar-refractivity contribution is -0.271. The summed E-state index contributed by atoms with van der Waals surface area (Å²) in [6.45, 7) is 5.66. The van der Waals surface area contributed by atoms with Crippen LogP contribution in [0.3, 0.4) is 0 Å². The van der Waals surface area contributed by atoms with Crippen molar-refractivity contribution in [3.05, 3.63) is 23.8 Å². The van der Waals surface area contributed by atoms with Gasteiger partial charge in [-0.2, -0.15) is 0 Å². The Morgan fingerprint density at radius 1 is 1.12 bits per heavy atom. The van der Waals surface area contributed by atoms with E-state index < -0.39 is 36.7 Å². The predicted molar refractivity (Wildman–Crippen MR) is 81.8 cm³/mol.